The Morgan fingerprint density at radius 3 is 2.09 bits per heavy atom. The molecular weight excluding hydrogens is 312 g/mol. The summed E-state index contributed by atoms with van der Waals surface area (Å²) < 4.78 is 47.5. The van der Waals surface area contributed by atoms with Crippen LogP contribution in [-0.2, 0) is 9.84 Å². The van der Waals surface area contributed by atoms with E-state index in [1.165, 1.54) is 25.0 Å². The molecule has 122 valence electrons. The third-order valence-electron chi connectivity index (χ3n) is 3.87. The van der Waals surface area contributed by atoms with Crippen molar-refractivity contribution < 1.29 is 22.0 Å². The van der Waals surface area contributed by atoms with Crippen LogP contribution < -0.4 is 5.32 Å². The average molecular weight is 331 g/mol. The zero-order chi connectivity index (χ0) is 16.2. The van der Waals surface area contributed by atoms with E-state index in [0.717, 1.165) is 37.8 Å². The van der Waals surface area contributed by atoms with Gasteiger partial charge in [0, 0.05) is 11.6 Å². The number of carbonyl (C=O) groups is 1. The molecule has 1 fully saturated rings. The number of nitrogens with one attached hydrogen (secondary N) is 1. The molecular formula is C15H19F2NO3S. The minimum absolute atomic E-state index is 0.125. The third-order valence-corrected chi connectivity index (χ3v) is 5.27. The summed E-state index contributed by atoms with van der Waals surface area (Å²) in [6.07, 6.45) is 6.37. The molecule has 1 aliphatic carbocycles. The molecule has 0 saturated heterocycles. The van der Waals surface area contributed by atoms with Crippen LogP contribution in [-0.4, -0.2) is 26.1 Å². The number of benzene rings is 1. The van der Waals surface area contributed by atoms with Gasteiger partial charge < -0.3 is 5.32 Å². The topological polar surface area (TPSA) is 63.2 Å². The van der Waals surface area contributed by atoms with Gasteiger partial charge in [-0.1, -0.05) is 25.7 Å². The molecule has 1 saturated carbocycles. The molecule has 1 N–H and O–H groups in total. The molecule has 22 heavy (non-hydrogen) atoms. The molecule has 0 heterocycles. The maximum absolute atomic E-state index is 12.4. The minimum Gasteiger partial charge on any atom is -0.349 e. The van der Waals surface area contributed by atoms with E-state index >= 15 is 0 Å². The van der Waals surface area contributed by atoms with Gasteiger partial charge in [0.05, 0.1) is 4.90 Å². The van der Waals surface area contributed by atoms with Crippen LogP contribution in [0.4, 0.5) is 8.78 Å². The van der Waals surface area contributed by atoms with E-state index in [2.05, 4.69) is 5.32 Å². The average Bonchev–Trinajstić information content (AvgIpc) is 2.76. The fourth-order valence-corrected chi connectivity index (χ4v) is 3.31. The van der Waals surface area contributed by atoms with E-state index in [1.807, 2.05) is 0 Å². The fraction of sp³-hybridized carbons (Fsp3) is 0.533. The first-order valence-electron chi connectivity index (χ1n) is 7.34. The summed E-state index contributed by atoms with van der Waals surface area (Å²) in [5, 5.41) is 2.92. The van der Waals surface area contributed by atoms with E-state index in [9.17, 15) is 22.0 Å². The van der Waals surface area contributed by atoms with Crippen molar-refractivity contribution in [3.05, 3.63) is 29.8 Å². The van der Waals surface area contributed by atoms with Gasteiger partial charge in [-0.2, -0.15) is 8.78 Å². The van der Waals surface area contributed by atoms with Crippen molar-refractivity contribution in [3.63, 3.8) is 0 Å². The summed E-state index contributed by atoms with van der Waals surface area (Å²) in [7, 11) is -4.62. The lowest BCUT2D eigenvalue weighted by atomic mass is 10.1. The van der Waals surface area contributed by atoms with Gasteiger partial charge in [0.2, 0.25) is 9.84 Å². The standard InChI is InChI=1S/C15H19F2NO3S/c16-15(17)22(20,21)13-9-7-11(8-10-13)14(19)18-12-5-3-1-2-4-6-12/h7-10,12,15H,1-6H2,(H,18,19). The largest absolute Gasteiger partial charge is 0.349 e. The molecule has 0 spiro atoms. The predicted octanol–water partition coefficient (Wildman–Crippen LogP) is 3.14. The summed E-state index contributed by atoms with van der Waals surface area (Å²) in [6.45, 7) is 0. The lowest BCUT2D eigenvalue weighted by molar-refractivity contribution is 0.0933. The van der Waals surface area contributed by atoms with Gasteiger partial charge in [-0.25, -0.2) is 8.42 Å². The quantitative estimate of drug-likeness (QED) is 0.862. The van der Waals surface area contributed by atoms with Crippen molar-refractivity contribution in [3.8, 4) is 0 Å². The summed E-state index contributed by atoms with van der Waals surface area (Å²) in [4.78, 5) is 11.6. The van der Waals surface area contributed by atoms with Crippen LogP contribution in [0.1, 0.15) is 48.9 Å². The molecule has 4 nitrogen and oxygen atoms in total. The first kappa shape index (κ1) is 16.9. The number of hydrogen-bond acceptors (Lipinski definition) is 3. The van der Waals surface area contributed by atoms with Crippen LogP contribution in [0.3, 0.4) is 0 Å². The smallest absolute Gasteiger partial charge is 0.341 e. The van der Waals surface area contributed by atoms with Gasteiger partial charge in [0.1, 0.15) is 0 Å². The second kappa shape index (κ2) is 7.17. The molecule has 0 unspecified atom stereocenters. The number of carbonyl (C=O) groups excluding carboxylic acids is 1. The van der Waals surface area contributed by atoms with Gasteiger partial charge in [0.15, 0.2) is 0 Å². The van der Waals surface area contributed by atoms with E-state index in [-0.39, 0.29) is 17.5 Å². The maximum atomic E-state index is 12.4. The monoisotopic (exact) mass is 331 g/mol. The second-order valence-corrected chi connectivity index (χ2v) is 7.41. The Balaban J connectivity index is 2.05. The highest BCUT2D eigenvalue weighted by Crippen LogP contribution is 2.20. The highest BCUT2D eigenvalue weighted by atomic mass is 32.2. The van der Waals surface area contributed by atoms with Crippen LogP contribution in [0.15, 0.2) is 29.2 Å². The summed E-state index contributed by atoms with van der Waals surface area (Å²) >= 11 is 0. The van der Waals surface area contributed by atoms with Crippen molar-refractivity contribution in [1.29, 1.82) is 0 Å². The van der Waals surface area contributed by atoms with E-state index in [1.54, 1.807) is 0 Å². The van der Waals surface area contributed by atoms with Crippen LogP contribution in [0, 0.1) is 0 Å². The Morgan fingerprint density at radius 1 is 1.05 bits per heavy atom. The van der Waals surface area contributed by atoms with E-state index < -0.39 is 20.5 Å². The molecule has 0 radical (unpaired) electrons. The molecule has 1 amide bonds. The SMILES string of the molecule is O=C(NC1CCCCCC1)c1ccc(S(=O)(=O)C(F)F)cc1. The Bertz CT molecular complexity index is 606. The molecule has 2 rings (SSSR count). The highest BCUT2D eigenvalue weighted by molar-refractivity contribution is 7.91. The molecule has 0 aliphatic heterocycles. The summed E-state index contributed by atoms with van der Waals surface area (Å²) in [5.41, 5.74) is 0.275. The van der Waals surface area contributed by atoms with Gasteiger partial charge in [-0.3, -0.25) is 4.79 Å². The minimum atomic E-state index is -4.62. The second-order valence-electron chi connectivity index (χ2n) is 5.49. The number of hydrogen-bond donors (Lipinski definition) is 1. The summed E-state index contributed by atoms with van der Waals surface area (Å²) in [5.74, 6) is -3.76. The molecule has 7 heteroatoms. The van der Waals surface area contributed by atoms with Crippen molar-refractivity contribution in [2.45, 2.75) is 55.2 Å². The predicted molar refractivity (Wildman–Crippen MR) is 78.6 cm³/mol. The zero-order valence-corrected chi connectivity index (χ0v) is 12.9. The fourth-order valence-electron chi connectivity index (χ4n) is 2.59. The number of rotatable bonds is 4. The molecule has 0 bridgehead atoms. The first-order chi connectivity index (χ1) is 10.4. The number of amides is 1. The molecule has 1 aromatic carbocycles. The Morgan fingerprint density at radius 2 is 1.59 bits per heavy atom. The number of sulfone groups is 1. The zero-order valence-electron chi connectivity index (χ0n) is 12.1. The van der Waals surface area contributed by atoms with E-state index in [4.69, 9.17) is 0 Å². The van der Waals surface area contributed by atoms with Crippen LogP contribution in [0.5, 0.6) is 0 Å². The first-order valence-corrected chi connectivity index (χ1v) is 8.89. The van der Waals surface area contributed by atoms with Gasteiger partial charge >= 0.3 is 5.76 Å². The molecule has 1 aromatic rings. The Hall–Kier alpha value is -1.50. The Kier molecular flexibility index (Phi) is 5.50. The Labute approximate surface area is 128 Å². The summed E-state index contributed by atoms with van der Waals surface area (Å²) in [6, 6.07) is 4.75. The third kappa shape index (κ3) is 4.03. The van der Waals surface area contributed by atoms with Crippen LogP contribution in [0.25, 0.3) is 0 Å². The lowest BCUT2D eigenvalue weighted by Gasteiger charge is -2.16. The number of alkyl halides is 2. The molecule has 0 aromatic heterocycles. The van der Waals surface area contributed by atoms with Gasteiger partial charge in [-0.05, 0) is 37.1 Å². The molecule has 0 atom stereocenters. The number of halogens is 2. The van der Waals surface area contributed by atoms with Crippen LogP contribution in [0.2, 0.25) is 0 Å². The van der Waals surface area contributed by atoms with Crippen molar-refractivity contribution in [2.24, 2.45) is 0 Å². The van der Waals surface area contributed by atoms with E-state index in [0.29, 0.717) is 0 Å². The van der Waals surface area contributed by atoms with Crippen molar-refractivity contribution in [1.82, 2.24) is 5.32 Å². The van der Waals surface area contributed by atoms with Gasteiger partial charge in [-0.15, -0.1) is 0 Å². The lowest BCUT2D eigenvalue weighted by Crippen LogP contribution is -2.34. The normalized spacial score (nSPS) is 17.2. The van der Waals surface area contributed by atoms with Crippen LogP contribution >= 0.6 is 0 Å². The van der Waals surface area contributed by atoms with Crippen molar-refractivity contribution >= 4 is 15.7 Å². The maximum Gasteiger partial charge on any atom is 0.341 e. The molecule has 1 aliphatic rings. The van der Waals surface area contributed by atoms with Crippen molar-refractivity contribution in [2.75, 3.05) is 0 Å². The van der Waals surface area contributed by atoms with Gasteiger partial charge in [0.25, 0.3) is 5.91 Å². The highest BCUT2D eigenvalue weighted by Gasteiger charge is 2.26.